The van der Waals surface area contributed by atoms with E-state index in [1.807, 2.05) is 12.1 Å². The van der Waals surface area contributed by atoms with Gasteiger partial charge in [0, 0.05) is 24.5 Å². The molecule has 2 fully saturated rings. The predicted molar refractivity (Wildman–Crippen MR) is 125 cm³/mol. The summed E-state index contributed by atoms with van der Waals surface area (Å²) in [5.41, 5.74) is 0.613. The molecule has 10 heteroatoms. The summed E-state index contributed by atoms with van der Waals surface area (Å²) in [7, 11) is -7.67. The maximum atomic E-state index is 12.8. The third-order valence-corrected chi connectivity index (χ3v) is 9.22. The second-order valence-corrected chi connectivity index (χ2v) is 12.4. The minimum absolute atomic E-state index is 0.0235. The van der Waals surface area contributed by atoms with Crippen LogP contribution in [0.3, 0.4) is 0 Å². The zero-order valence-corrected chi connectivity index (χ0v) is 19.7. The Morgan fingerprint density at radius 2 is 1.44 bits per heavy atom. The van der Waals surface area contributed by atoms with E-state index in [0.717, 1.165) is 35.9 Å². The molecule has 0 saturated carbocycles. The summed E-state index contributed by atoms with van der Waals surface area (Å²) in [5, 5.41) is 0. The van der Waals surface area contributed by atoms with Crippen molar-refractivity contribution in [1.82, 2.24) is 0 Å². The molecule has 0 aromatic heterocycles. The zero-order chi connectivity index (χ0) is 23.1. The minimum Gasteiger partial charge on any atom is -0.372 e. The summed E-state index contributed by atoms with van der Waals surface area (Å²) in [6.45, 7) is 5.16. The average molecular weight is 478 g/mol. The Labute approximate surface area is 189 Å². The van der Waals surface area contributed by atoms with E-state index in [2.05, 4.69) is 9.62 Å². The van der Waals surface area contributed by atoms with Crippen LogP contribution in [0, 0.1) is 5.41 Å². The molecular weight excluding hydrogens is 450 g/mol. The zero-order valence-electron chi connectivity index (χ0n) is 18.1. The molecule has 1 N–H and O–H groups in total. The molecule has 0 atom stereocenters. The summed E-state index contributed by atoms with van der Waals surface area (Å²) in [5.74, 6) is -0.812. The van der Waals surface area contributed by atoms with Crippen LogP contribution in [0.2, 0.25) is 0 Å². The Hall–Kier alpha value is -2.59. The van der Waals surface area contributed by atoms with Crippen LogP contribution in [0.4, 0.5) is 17.1 Å². The summed E-state index contributed by atoms with van der Waals surface area (Å²) >= 11 is 0. The van der Waals surface area contributed by atoms with Gasteiger partial charge in [0.1, 0.15) is 0 Å². The minimum atomic E-state index is -3.87. The van der Waals surface area contributed by atoms with E-state index in [9.17, 15) is 21.6 Å². The van der Waals surface area contributed by atoms with Gasteiger partial charge >= 0.3 is 0 Å². The topological polar surface area (TPSA) is 104 Å². The lowest BCUT2D eigenvalue weighted by Crippen LogP contribution is -2.32. The molecule has 2 aliphatic heterocycles. The Morgan fingerprint density at radius 3 is 1.97 bits per heavy atom. The van der Waals surface area contributed by atoms with Gasteiger partial charge in [-0.05, 0) is 81.6 Å². The number of nitrogens with one attached hydrogen (secondary N) is 1. The van der Waals surface area contributed by atoms with E-state index < -0.39 is 31.4 Å². The first-order valence-corrected chi connectivity index (χ1v) is 13.6. The summed E-state index contributed by atoms with van der Waals surface area (Å²) in [6.07, 6.45) is 3.56. The van der Waals surface area contributed by atoms with Crippen LogP contribution in [-0.2, 0) is 24.8 Å². The Kier molecular flexibility index (Phi) is 5.70. The molecule has 4 rings (SSSR count). The van der Waals surface area contributed by atoms with Crippen LogP contribution in [0.25, 0.3) is 0 Å². The molecule has 8 nitrogen and oxygen atoms in total. The van der Waals surface area contributed by atoms with Gasteiger partial charge in [0.05, 0.1) is 21.8 Å². The Bertz CT molecular complexity index is 1220. The maximum Gasteiger partial charge on any atom is 0.261 e. The van der Waals surface area contributed by atoms with Crippen molar-refractivity contribution in [2.45, 2.75) is 38.0 Å². The van der Waals surface area contributed by atoms with Gasteiger partial charge in [-0.1, -0.05) is 0 Å². The Morgan fingerprint density at radius 1 is 0.875 bits per heavy atom. The number of hydrogen-bond acceptors (Lipinski definition) is 6. The lowest BCUT2D eigenvalue weighted by Gasteiger charge is -2.28. The van der Waals surface area contributed by atoms with Crippen molar-refractivity contribution < 1.29 is 21.6 Å². The molecule has 0 unspecified atom stereocenters. The van der Waals surface area contributed by atoms with Crippen molar-refractivity contribution >= 4 is 43.0 Å². The number of piperidine rings is 1. The second-order valence-electron chi connectivity index (χ2n) is 8.90. The quantitative estimate of drug-likeness (QED) is 0.709. The first-order valence-electron chi connectivity index (χ1n) is 10.5. The molecule has 32 heavy (non-hydrogen) atoms. The van der Waals surface area contributed by atoms with Crippen LogP contribution in [0.5, 0.6) is 0 Å². The molecule has 172 valence electrons. The van der Waals surface area contributed by atoms with Crippen molar-refractivity contribution in [3.63, 3.8) is 0 Å². The van der Waals surface area contributed by atoms with Crippen LogP contribution in [0.15, 0.2) is 53.4 Å². The Balaban J connectivity index is 1.51. The highest BCUT2D eigenvalue weighted by Gasteiger charge is 2.49. The predicted octanol–water partition coefficient (Wildman–Crippen LogP) is 3.18. The number of anilines is 3. The molecule has 0 radical (unpaired) electrons. The molecular formula is C22H27N3O5S2. The third-order valence-electron chi connectivity index (χ3n) is 5.81. The number of amides is 1. The van der Waals surface area contributed by atoms with Gasteiger partial charge in [0.15, 0.2) is 0 Å². The summed E-state index contributed by atoms with van der Waals surface area (Å²) in [6, 6.07) is 12.5. The monoisotopic (exact) mass is 477 g/mol. The van der Waals surface area contributed by atoms with Gasteiger partial charge < -0.3 is 4.90 Å². The van der Waals surface area contributed by atoms with E-state index in [1.165, 1.54) is 30.7 Å². The van der Waals surface area contributed by atoms with Crippen molar-refractivity contribution in [2.24, 2.45) is 5.41 Å². The SMILES string of the molecule is CC1(C)CS(=O)(=O)N(c2ccc(S(=O)(=O)Nc3ccc(N4CCCCC4)cc3)cc2)C1=O. The van der Waals surface area contributed by atoms with Crippen molar-refractivity contribution in [2.75, 3.05) is 32.8 Å². The number of hydrogen-bond donors (Lipinski definition) is 1. The molecule has 2 saturated heterocycles. The highest BCUT2D eigenvalue weighted by atomic mass is 32.2. The van der Waals surface area contributed by atoms with E-state index in [0.29, 0.717) is 5.69 Å². The van der Waals surface area contributed by atoms with E-state index in [4.69, 9.17) is 0 Å². The fraction of sp³-hybridized carbons (Fsp3) is 0.409. The molecule has 0 bridgehead atoms. The van der Waals surface area contributed by atoms with Gasteiger partial charge in [-0.3, -0.25) is 9.52 Å². The summed E-state index contributed by atoms with van der Waals surface area (Å²) in [4.78, 5) is 14.8. The molecule has 1 amide bonds. The van der Waals surface area contributed by atoms with Crippen LogP contribution < -0.4 is 13.9 Å². The van der Waals surface area contributed by atoms with Crippen LogP contribution in [-0.4, -0.2) is 41.6 Å². The first-order chi connectivity index (χ1) is 15.0. The number of sulfonamides is 2. The fourth-order valence-electron chi connectivity index (χ4n) is 4.13. The number of carbonyl (C=O) groups excluding carboxylic acids is 1. The van der Waals surface area contributed by atoms with E-state index in [1.54, 1.807) is 26.0 Å². The highest BCUT2D eigenvalue weighted by Crippen LogP contribution is 2.36. The normalized spacial score (nSPS) is 20.4. The van der Waals surface area contributed by atoms with E-state index in [-0.39, 0.29) is 16.3 Å². The van der Waals surface area contributed by atoms with Gasteiger partial charge in [-0.25, -0.2) is 21.1 Å². The van der Waals surface area contributed by atoms with E-state index >= 15 is 0 Å². The molecule has 2 aliphatic rings. The standard InChI is InChI=1S/C22H27N3O5S2/c1-22(2)16-31(27,28)25(21(22)26)19-10-12-20(13-11-19)32(29,30)23-17-6-8-18(9-7-17)24-14-4-3-5-15-24/h6-13,23H,3-5,14-16H2,1-2H3. The van der Waals surface area contributed by atoms with Crippen molar-refractivity contribution in [3.8, 4) is 0 Å². The summed E-state index contributed by atoms with van der Waals surface area (Å²) < 4.78 is 53.7. The third kappa shape index (κ3) is 4.33. The number of rotatable bonds is 5. The highest BCUT2D eigenvalue weighted by molar-refractivity contribution is 7.94. The lowest BCUT2D eigenvalue weighted by atomic mass is 9.95. The largest absolute Gasteiger partial charge is 0.372 e. The fourth-order valence-corrected chi connectivity index (χ4v) is 7.29. The van der Waals surface area contributed by atoms with Gasteiger partial charge in [0.25, 0.3) is 10.0 Å². The molecule has 0 spiro atoms. The smallest absolute Gasteiger partial charge is 0.261 e. The van der Waals surface area contributed by atoms with Gasteiger partial charge in [-0.2, -0.15) is 0 Å². The molecule has 0 aliphatic carbocycles. The average Bonchev–Trinajstić information content (AvgIpc) is 2.91. The lowest BCUT2D eigenvalue weighted by molar-refractivity contribution is -0.123. The number of nitrogens with zero attached hydrogens (tertiary/aromatic N) is 2. The molecule has 2 aromatic rings. The first kappa shape index (κ1) is 22.6. The van der Waals surface area contributed by atoms with Crippen LogP contribution >= 0.6 is 0 Å². The number of carbonyl (C=O) groups is 1. The van der Waals surface area contributed by atoms with Gasteiger partial charge in [-0.15, -0.1) is 0 Å². The maximum absolute atomic E-state index is 12.8. The van der Waals surface area contributed by atoms with Crippen molar-refractivity contribution in [1.29, 1.82) is 0 Å². The van der Waals surface area contributed by atoms with Crippen molar-refractivity contribution in [3.05, 3.63) is 48.5 Å². The number of benzene rings is 2. The second kappa shape index (κ2) is 8.08. The van der Waals surface area contributed by atoms with Crippen LogP contribution in [0.1, 0.15) is 33.1 Å². The van der Waals surface area contributed by atoms with Gasteiger partial charge in [0.2, 0.25) is 15.9 Å². The molecule has 2 heterocycles. The molecule has 2 aromatic carbocycles.